The summed E-state index contributed by atoms with van der Waals surface area (Å²) in [5, 5.41) is 2.88. The van der Waals surface area contributed by atoms with Gasteiger partial charge in [0.15, 0.2) is 0 Å². The average molecular weight is 583 g/mol. The van der Waals surface area contributed by atoms with Crippen LogP contribution in [-0.2, 0) is 11.2 Å². The molecule has 6 rings (SSSR count). The number of hydrogen-bond donors (Lipinski definition) is 0. The Morgan fingerprint density at radius 1 is 0.786 bits per heavy atom. The van der Waals surface area contributed by atoms with Gasteiger partial charge in [-0.05, 0) is 41.7 Å². The Hall–Kier alpha value is -3.88. The van der Waals surface area contributed by atoms with Crippen LogP contribution in [0.5, 0.6) is 0 Å². The standard InChI is InChI=1S/C34H35FN4O2S/c35-29-13-11-25(12-14-29)23-31(40)37-17-15-28(16-18-37)33-36-30(24-42-33)34(41)39-21-19-38(20-22-39)32(26-7-3-1-4-8-26)27-9-5-2-6-10-27/h1-14,24,28,32H,15-23H2. The zero-order valence-corrected chi connectivity index (χ0v) is 24.4. The largest absolute Gasteiger partial charge is 0.342 e. The van der Waals surface area contributed by atoms with Gasteiger partial charge in [0.2, 0.25) is 5.91 Å². The van der Waals surface area contributed by atoms with Crippen LogP contribution in [0.4, 0.5) is 4.39 Å². The molecule has 0 spiro atoms. The molecule has 2 saturated heterocycles. The summed E-state index contributed by atoms with van der Waals surface area (Å²) >= 11 is 1.55. The molecule has 0 saturated carbocycles. The number of likely N-dealkylation sites (tertiary alicyclic amines) is 1. The number of hydrogen-bond acceptors (Lipinski definition) is 5. The Morgan fingerprint density at radius 2 is 1.38 bits per heavy atom. The summed E-state index contributed by atoms with van der Waals surface area (Å²) in [5.41, 5.74) is 3.87. The van der Waals surface area contributed by atoms with Gasteiger partial charge < -0.3 is 9.80 Å². The number of carbonyl (C=O) groups is 2. The van der Waals surface area contributed by atoms with Gasteiger partial charge >= 0.3 is 0 Å². The maximum atomic E-state index is 13.4. The minimum absolute atomic E-state index is 0.0000313. The van der Waals surface area contributed by atoms with Gasteiger partial charge in [0.05, 0.1) is 17.5 Å². The number of piperazine rings is 1. The van der Waals surface area contributed by atoms with Gasteiger partial charge in [-0.2, -0.15) is 0 Å². The smallest absolute Gasteiger partial charge is 0.273 e. The van der Waals surface area contributed by atoms with Crippen molar-refractivity contribution in [2.75, 3.05) is 39.3 Å². The summed E-state index contributed by atoms with van der Waals surface area (Å²) in [6, 6.07) is 27.4. The first kappa shape index (κ1) is 28.2. The Labute approximate surface area is 250 Å². The second-order valence-corrected chi connectivity index (χ2v) is 12.0. The van der Waals surface area contributed by atoms with Crippen LogP contribution in [0.25, 0.3) is 0 Å². The second-order valence-electron chi connectivity index (χ2n) is 11.1. The van der Waals surface area contributed by atoms with Crippen molar-refractivity contribution in [2.24, 2.45) is 0 Å². The molecule has 3 aromatic carbocycles. The van der Waals surface area contributed by atoms with E-state index in [2.05, 4.69) is 53.4 Å². The van der Waals surface area contributed by atoms with E-state index >= 15 is 0 Å². The van der Waals surface area contributed by atoms with E-state index in [1.165, 1.54) is 23.3 Å². The molecule has 0 aliphatic carbocycles. The van der Waals surface area contributed by atoms with Crippen molar-refractivity contribution in [3.05, 3.63) is 124 Å². The molecule has 0 bridgehead atoms. The summed E-state index contributed by atoms with van der Waals surface area (Å²) in [5.74, 6) is 0.0205. The van der Waals surface area contributed by atoms with Gasteiger partial charge in [0.1, 0.15) is 11.5 Å². The molecular formula is C34H35FN4O2S. The number of halogens is 1. The van der Waals surface area contributed by atoms with Gasteiger partial charge in [-0.25, -0.2) is 9.37 Å². The lowest BCUT2D eigenvalue weighted by atomic mass is 9.96. The van der Waals surface area contributed by atoms with Crippen molar-refractivity contribution in [1.29, 1.82) is 0 Å². The second kappa shape index (κ2) is 13.0. The molecule has 2 aliphatic rings. The number of nitrogens with zero attached hydrogens (tertiary/aromatic N) is 4. The molecule has 1 aromatic heterocycles. The summed E-state index contributed by atoms with van der Waals surface area (Å²) in [7, 11) is 0. The number of thiazole rings is 1. The first-order valence-corrected chi connectivity index (χ1v) is 15.5. The van der Waals surface area contributed by atoms with E-state index in [-0.39, 0.29) is 36.0 Å². The molecule has 0 atom stereocenters. The maximum Gasteiger partial charge on any atom is 0.273 e. The van der Waals surface area contributed by atoms with Crippen LogP contribution in [0.3, 0.4) is 0 Å². The predicted octanol–water partition coefficient (Wildman–Crippen LogP) is 5.78. The van der Waals surface area contributed by atoms with Crippen molar-refractivity contribution < 1.29 is 14.0 Å². The normalized spacial score (nSPS) is 16.6. The molecule has 216 valence electrons. The van der Waals surface area contributed by atoms with Crippen LogP contribution in [0.15, 0.2) is 90.3 Å². The van der Waals surface area contributed by atoms with E-state index < -0.39 is 0 Å². The van der Waals surface area contributed by atoms with Crippen LogP contribution >= 0.6 is 11.3 Å². The van der Waals surface area contributed by atoms with Crippen LogP contribution in [0.1, 0.15) is 57.0 Å². The highest BCUT2D eigenvalue weighted by Crippen LogP contribution is 2.32. The number of carbonyl (C=O) groups excluding carboxylic acids is 2. The van der Waals surface area contributed by atoms with Gasteiger partial charge in [0, 0.05) is 50.6 Å². The molecule has 8 heteroatoms. The third kappa shape index (κ3) is 6.45. The minimum Gasteiger partial charge on any atom is -0.342 e. The van der Waals surface area contributed by atoms with E-state index in [0.29, 0.717) is 31.9 Å². The topological polar surface area (TPSA) is 56.8 Å². The molecule has 6 nitrogen and oxygen atoms in total. The number of benzene rings is 3. The molecule has 42 heavy (non-hydrogen) atoms. The highest BCUT2D eigenvalue weighted by Gasteiger charge is 2.31. The first-order chi connectivity index (χ1) is 20.5. The monoisotopic (exact) mass is 582 g/mol. The average Bonchev–Trinajstić information content (AvgIpc) is 3.54. The van der Waals surface area contributed by atoms with Crippen LogP contribution in [-0.4, -0.2) is 70.8 Å². The van der Waals surface area contributed by atoms with E-state index in [4.69, 9.17) is 4.98 Å². The Morgan fingerprint density at radius 3 is 1.98 bits per heavy atom. The number of amides is 2. The zero-order chi connectivity index (χ0) is 28.9. The Kier molecular flexibility index (Phi) is 8.72. The molecule has 3 heterocycles. The van der Waals surface area contributed by atoms with E-state index in [9.17, 15) is 14.0 Å². The summed E-state index contributed by atoms with van der Waals surface area (Å²) in [4.78, 5) is 37.2. The van der Waals surface area contributed by atoms with Gasteiger partial charge in [-0.15, -0.1) is 11.3 Å². The van der Waals surface area contributed by atoms with E-state index in [1.54, 1.807) is 23.5 Å². The highest BCUT2D eigenvalue weighted by atomic mass is 32.1. The van der Waals surface area contributed by atoms with Crippen molar-refractivity contribution in [3.63, 3.8) is 0 Å². The van der Waals surface area contributed by atoms with Crippen molar-refractivity contribution >= 4 is 23.2 Å². The third-order valence-electron chi connectivity index (χ3n) is 8.40. The number of aromatic nitrogens is 1. The van der Waals surface area contributed by atoms with Crippen LogP contribution in [0, 0.1) is 5.82 Å². The molecule has 2 amide bonds. The van der Waals surface area contributed by atoms with Crippen molar-refractivity contribution in [2.45, 2.75) is 31.2 Å². The van der Waals surface area contributed by atoms with Gasteiger partial charge in [0.25, 0.3) is 5.91 Å². The number of rotatable bonds is 7. The molecule has 2 aliphatic heterocycles. The lowest BCUT2D eigenvalue weighted by Gasteiger charge is -2.39. The van der Waals surface area contributed by atoms with Crippen LogP contribution in [0.2, 0.25) is 0 Å². The van der Waals surface area contributed by atoms with E-state index in [0.717, 1.165) is 36.5 Å². The maximum absolute atomic E-state index is 13.4. The van der Waals surface area contributed by atoms with Gasteiger partial charge in [-0.1, -0.05) is 72.8 Å². The predicted molar refractivity (Wildman–Crippen MR) is 163 cm³/mol. The van der Waals surface area contributed by atoms with Gasteiger partial charge in [-0.3, -0.25) is 14.5 Å². The number of piperidine rings is 1. The fourth-order valence-corrected chi connectivity index (χ4v) is 7.03. The molecule has 0 unspecified atom stereocenters. The van der Waals surface area contributed by atoms with E-state index in [1.807, 2.05) is 27.3 Å². The Bertz CT molecular complexity index is 1440. The lowest BCUT2D eigenvalue weighted by Crippen LogP contribution is -2.50. The SMILES string of the molecule is O=C(Cc1ccc(F)cc1)N1CCC(c2nc(C(=O)N3CCN(C(c4ccccc4)c4ccccc4)CC3)cs2)CC1. The molecule has 2 fully saturated rings. The summed E-state index contributed by atoms with van der Waals surface area (Å²) < 4.78 is 13.2. The molecular weight excluding hydrogens is 547 g/mol. The molecule has 4 aromatic rings. The fraction of sp³-hybridized carbons (Fsp3) is 0.324. The Balaban J connectivity index is 1.03. The van der Waals surface area contributed by atoms with Crippen molar-refractivity contribution in [1.82, 2.24) is 19.7 Å². The summed E-state index contributed by atoms with van der Waals surface area (Å²) in [6.45, 7) is 4.25. The van der Waals surface area contributed by atoms with Crippen molar-refractivity contribution in [3.8, 4) is 0 Å². The highest BCUT2D eigenvalue weighted by molar-refractivity contribution is 7.09. The summed E-state index contributed by atoms with van der Waals surface area (Å²) in [6.07, 6.45) is 1.94. The first-order valence-electron chi connectivity index (χ1n) is 14.7. The quantitative estimate of drug-likeness (QED) is 0.277. The fourth-order valence-electron chi connectivity index (χ4n) is 6.07. The molecule has 0 radical (unpaired) electrons. The molecule has 0 N–H and O–H groups in total. The third-order valence-corrected chi connectivity index (χ3v) is 9.41. The van der Waals surface area contributed by atoms with Crippen LogP contribution < -0.4 is 0 Å². The lowest BCUT2D eigenvalue weighted by molar-refractivity contribution is -0.131. The minimum atomic E-state index is -0.296. The zero-order valence-electron chi connectivity index (χ0n) is 23.6.